The second-order valence-corrected chi connectivity index (χ2v) is 14.7. The Hall–Kier alpha value is -6.59. The van der Waals surface area contributed by atoms with Gasteiger partial charge in [0.15, 0.2) is 5.78 Å². The van der Waals surface area contributed by atoms with Crippen LogP contribution in [0.3, 0.4) is 0 Å². The predicted octanol–water partition coefficient (Wildman–Crippen LogP) is 10.4. The molecule has 296 valence electrons. The van der Waals surface area contributed by atoms with Gasteiger partial charge in [0, 0.05) is 33.1 Å². The van der Waals surface area contributed by atoms with Crippen molar-refractivity contribution in [1.29, 1.82) is 0 Å². The minimum atomic E-state index is -0.653. The average molecular weight is 824 g/mol. The third-order valence-electron chi connectivity index (χ3n) is 9.72. The van der Waals surface area contributed by atoms with Crippen molar-refractivity contribution in [3.63, 3.8) is 0 Å². The second kappa shape index (κ2) is 18.8. The molecule has 1 saturated heterocycles. The molecular formula is C48H38ClNO8S. The highest BCUT2D eigenvalue weighted by molar-refractivity contribution is 7.23. The molecule has 0 atom stereocenters. The van der Waals surface area contributed by atoms with Crippen molar-refractivity contribution in [1.82, 2.24) is 4.90 Å². The van der Waals surface area contributed by atoms with Gasteiger partial charge in [-0.25, -0.2) is 14.4 Å². The van der Waals surface area contributed by atoms with Gasteiger partial charge in [-0.1, -0.05) is 54.6 Å². The third-order valence-corrected chi connectivity index (χ3v) is 10.9. The molecule has 6 aromatic carbocycles. The SMILES string of the molecule is Cl.O=C(Oc1ccc(-c2sc3cc(OC(=O)c4ccccc4)cc(OC(=O)c4ccccc4)c3c2C(=O)c2ccc(OCCN3CCCC3)cc2)cc1)c1ccccc1. The number of nitrogens with zero attached hydrogens (tertiary/aromatic N) is 1. The first-order chi connectivity index (χ1) is 28.4. The van der Waals surface area contributed by atoms with Crippen LogP contribution in [-0.4, -0.2) is 54.8 Å². The number of hydrogen-bond donors (Lipinski definition) is 0. The molecule has 0 N–H and O–H groups in total. The number of fused-ring (bicyclic) bond motifs is 1. The fraction of sp³-hybridized carbons (Fsp3) is 0.125. The zero-order valence-electron chi connectivity index (χ0n) is 31.7. The van der Waals surface area contributed by atoms with Crippen molar-refractivity contribution in [3.8, 4) is 33.4 Å². The molecule has 1 fully saturated rings. The van der Waals surface area contributed by atoms with Crippen molar-refractivity contribution in [2.24, 2.45) is 0 Å². The summed E-state index contributed by atoms with van der Waals surface area (Å²) in [5.41, 5.74) is 2.37. The number of rotatable bonds is 13. The summed E-state index contributed by atoms with van der Waals surface area (Å²) in [6.07, 6.45) is 2.41. The predicted molar refractivity (Wildman–Crippen MR) is 230 cm³/mol. The van der Waals surface area contributed by atoms with Gasteiger partial charge in [0.25, 0.3) is 0 Å². The molecule has 2 heterocycles. The summed E-state index contributed by atoms with van der Waals surface area (Å²) >= 11 is 1.28. The van der Waals surface area contributed by atoms with Crippen LogP contribution in [0.2, 0.25) is 0 Å². The van der Waals surface area contributed by atoms with Crippen LogP contribution in [0.4, 0.5) is 0 Å². The molecule has 0 saturated carbocycles. The molecule has 0 radical (unpaired) electrons. The molecule has 7 aromatic rings. The summed E-state index contributed by atoms with van der Waals surface area (Å²) in [4.78, 5) is 57.4. The fourth-order valence-corrected chi connectivity index (χ4v) is 8.01. The maximum atomic E-state index is 14.8. The van der Waals surface area contributed by atoms with Gasteiger partial charge in [-0.15, -0.1) is 23.7 Å². The van der Waals surface area contributed by atoms with E-state index in [1.807, 2.05) is 6.07 Å². The van der Waals surface area contributed by atoms with Gasteiger partial charge in [0.05, 0.1) is 22.3 Å². The van der Waals surface area contributed by atoms with Gasteiger partial charge >= 0.3 is 17.9 Å². The second-order valence-electron chi connectivity index (χ2n) is 13.6. The summed E-state index contributed by atoms with van der Waals surface area (Å²) in [5.74, 6) is -0.941. The Labute approximate surface area is 351 Å². The van der Waals surface area contributed by atoms with E-state index in [-0.39, 0.29) is 35.3 Å². The first-order valence-electron chi connectivity index (χ1n) is 18.9. The summed E-state index contributed by atoms with van der Waals surface area (Å²) < 4.78 is 24.1. The maximum absolute atomic E-state index is 14.8. The molecule has 11 heteroatoms. The number of carbonyl (C=O) groups excluding carboxylic acids is 4. The topological polar surface area (TPSA) is 108 Å². The van der Waals surface area contributed by atoms with Gasteiger partial charge in [-0.3, -0.25) is 9.69 Å². The first-order valence-corrected chi connectivity index (χ1v) is 19.7. The molecule has 9 nitrogen and oxygen atoms in total. The minimum Gasteiger partial charge on any atom is -0.492 e. The molecule has 0 bridgehead atoms. The molecule has 0 aliphatic carbocycles. The van der Waals surface area contributed by atoms with Gasteiger partial charge in [-0.05, 0) is 122 Å². The molecule has 1 aliphatic heterocycles. The van der Waals surface area contributed by atoms with Gasteiger partial charge in [0.2, 0.25) is 0 Å². The van der Waals surface area contributed by atoms with Crippen molar-refractivity contribution in [2.45, 2.75) is 12.8 Å². The molecular weight excluding hydrogens is 786 g/mol. The Morgan fingerprint density at radius 3 is 1.61 bits per heavy atom. The van der Waals surface area contributed by atoms with E-state index < -0.39 is 17.9 Å². The number of esters is 3. The number of halogens is 1. The maximum Gasteiger partial charge on any atom is 0.343 e. The molecule has 1 aromatic heterocycles. The average Bonchev–Trinajstić information content (AvgIpc) is 3.93. The summed E-state index contributed by atoms with van der Waals surface area (Å²) in [5, 5.41) is 0.374. The van der Waals surface area contributed by atoms with Crippen LogP contribution < -0.4 is 18.9 Å². The van der Waals surface area contributed by atoms with E-state index in [2.05, 4.69) is 4.90 Å². The van der Waals surface area contributed by atoms with E-state index in [0.717, 1.165) is 19.6 Å². The lowest BCUT2D eigenvalue weighted by atomic mass is 9.97. The summed E-state index contributed by atoms with van der Waals surface area (Å²) in [6, 6.07) is 42.7. The summed E-state index contributed by atoms with van der Waals surface area (Å²) in [7, 11) is 0. The van der Waals surface area contributed by atoms with Crippen molar-refractivity contribution >= 4 is 57.5 Å². The van der Waals surface area contributed by atoms with Crippen LogP contribution in [0.25, 0.3) is 20.5 Å². The molecule has 0 amide bonds. The van der Waals surface area contributed by atoms with E-state index in [1.165, 1.54) is 30.2 Å². The molecule has 8 rings (SSSR count). The highest BCUT2D eigenvalue weighted by Gasteiger charge is 2.27. The lowest BCUT2D eigenvalue weighted by molar-refractivity contribution is 0.0721. The van der Waals surface area contributed by atoms with Crippen LogP contribution >= 0.6 is 23.7 Å². The standard InChI is InChI=1S/C48H37NO8S.ClH/c50-44(32-18-22-37(23-19-32)54-29-28-49-26-10-11-27-49)43-42-40(57-48(53)36-16-8-3-9-17-36)30-39(56-47(52)35-14-6-2-7-15-35)31-41(42)58-45(43)33-20-24-38(25-21-33)55-46(51)34-12-4-1-5-13-34;/h1-9,12-25,30-31H,10-11,26-29H2;1H. The minimum absolute atomic E-state index is 0. The van der Waals surface area contributed by atoms with E-state index >= 15 is 0 Å². The highest BCUT2D eigenvalue weighted by atomic mass is 35.5. The third kappa shape index (κ3) is 9.59. The zero-order chi connectivity index (χ0) is 39.8. The van der Waals surface area contributed by atoms with Crippen molar-refractivity contribution in [2.75, 3.05) is 26.2 Å². The van der Waals surface area contributed by atoms with Gasteiger partial charge < -0.3 is 18.9 Å². The number of hydrogen-bond acceptors (Lipinski definition) is 10. The van der Waals surface area contributed by atoms with Crippen LogP contribution in [0.15, 0.2) is 152 Å². The highest BCUT2D eigenvalue weighted by Crippen LogP contribution is 2.46. The number of carbonyl (C=O) groups is 4. The largest absolute Gasteiger partial charge is 0.492 e. The van der Waals surface area contributed by atoms with Crippen LogP contribution in [-0.2, 0) is 0 Å². The monoisotopic (exact) mass is 823 g/mol. The Morgan fingerprint density at radius 2 is 1.05 bits per heavy atom. The van der Waals surface area contributed by atoms with Crippen molar-refractivity contribution < 1.29 is 38.1 Å². The number of likely N-dealkylation sites (tertiary alicyclic amines) is 1. The number of ether oxygens (including phenoxy) is 4. The van der Waals surface area contributed by atoms with E-state index in [0.29, 0.717) is 60.9 Å². The van der Waals surface area contributed by atoms with Crippen LogP contribution in [0.1, 0.15) is 59.8 Å². The smallest absolute Gasteiger partial charge is 0.343 e. The van der Waals surface area contributed by atoms with Crippen LogP contribution in [0, 0.1) is 0 Å². The van der Waals surface area contributed by atoms with Crippen LogP contribution in [0.5, 0.6) is 23.0 Å². The fourth-order valence-electron chi connectivity index (χ4n) is 6.76. The Bertz CT molecular complexity index is 2570. The number of thiophene rings is 1. The Kier molecular flexibility index (Phi) is 12.9. The Balaban J connectivity index is 0.00000528. The van der Waals surface area contributed by atoms with E-state index in [1.54, 1.807) is 140 Å². The Morgan fingerprint density at radius 1 is 0.542 bits per heavy atom. The molecule has 59 heavy (non-hydrogen) atoms. The number of ketones is 1. The summed E-state index contributed by atoms with van der Waals surface area (Å²) in [6.45, 7) is 3.53. The van der Waals surface area contributed by atoms with E-state index in [4.69, 9.17) is 18.9 Å². The van der Waals surface area contributed by atoms with Crippen molar-refractivity contribution in [3.05, 3.63) is 179 Å². The normalized spacial score (nSPS) is 12.3. The zero-order valence-corrected chi connectivity index (χ0v) is 33.3. The van der Waals surface area contributed by atoms with Gasteiger partial charge in [-0.2, -0.15) is 0 Å². The lowest BCUT2D eigenvalue weighted by Gasteiger charge is -2.15. The molecule has 1 aliphatic rings. The molecule has 0 unspecified atom stereocenters. The van der Waals surface area contributed by atoms with E-state index in [9.17, 15) is 19.2 Å². The lowest BCUT2D eigenvalue weighted by Crippen LogP contribution is -2.25. The number of benzene rings is 6. The molecule has 0 spiro atoms. The van der Waals surface area contributed by atoms with Gasteiger partial charge in [0.1, 0.15) is 29.6 Å². The quantitative estimate of drug-likeness (QED) is 0.0638. The first kappa shape index (κ1) is 40.6.